The van der Waals surface area contributed by atoms with Crippen LogP contribution in [0.1, 0.15) is 28.8 Å². The van der Waals surface area contributed by atoms with Gasteiger partial charge in [0.1, 0.15) is 4.90 Å². The molecule has 1 unspecified atom stereocenters. The molecule has 9 heteroatoms. The lowest BCUT2D eigenvalue weighted by Gasteiger charge is -2.32. The fraction of sp³-hybridized carbons (Fsp3) is 0.286. The van der Waals surface area contributed by atoms with Crippen LogP contribution in [0.3, 0.4) is 0 Å². The molecule has 0 N–H and O–H groups in total. The van der Waals surface area contributed by atoms with Gasteiger partial charge < -0.3 is 9.64 Å². The van der Waals surface area contributed by atoms with Gasteiger partial charge in [0.25, 0.3) is 10.0 Å². The van der Waals surface area contributed by atoms with Crippen LogP contribution in [0.25, 0.3) is 0 Å². The Kier molecular flexibility index (Phi) is 5.62. The van der Waals surface area contributed by atoms with Gasteiger partial charge in [-0.15, -0.1) is 4.40 Å². The molecule has 0 spiro atoms. The Morgan fingerprint density at radius 3 is 2.63 bits per heavy atom. The Hall–Kier alpha value is -2.71. The van der Waals surface area contributed by atoms with E-state index in [-0.39, 0.29) is 23.8 Å². The molecule has 1 fully saturated rings. The van der Waals surface area contributed by atoms with Crippen LogP contribution in [0.5, 0.6) is 0 Å². The standard InChI is InChI=1S/C21H19ClN2O5S/c22-16-9-7-14(8-10-16)18(25)13-29-21(26)15-4-3-11-24(12-15)20-17-5-1-2-6-19(17)30(27,28)23-20/h1-2,5-10,15H,3-4,11-13H2. The summed E-state index contributed by atoms with van der Waals surface area (Å²) in [4.78, 5) is 26.7. The van der Waals surface area contributed by atoms with Crippen LogP contribution in [0.4, 0.5) is 0 Å². The van der Waals surface area contributed by atoms with Gasteiger partial charge in [-0.05, 0) is 49.2 Å². The van der Waals surface area contributed by atoms with Gasteiger partial charge in [0.2, 0.25) is 0 Å². The molecular weight excluding hydrogens is 428 g/mol. The van der Waals surface area contributed by atoms with E-state index in [0.717, 1.165) is 0 Å². The monoisotopic (exact) mass is 446 g/mol. The predicted octanol–water partition coefficient (Wildman–Crippen LogP) is 2.93. The van der Waals surface area contributed by atoms with Gasteiger partial charge in [0.15, 0.2) is 18.2 Å². The van der Waals surface area contributed by atoms with Crippen molar-refractivity contribution in [1.29, 1.82) is 0 Å². The summed E-state index contributed by atoms with van der Waals surface area (Å²) in [6.45, 7) is 0.530. The summed E-state index contributed by atoms with van der Waals surface area (Å²) in [6, 6.07) is 13.0. The Bertz CT molecular complexity index is 1130. The highest BCUT2D eigenvalue weighted by Crippen LogP contribution is 2.30. The lowest BCUT2D eigenvalue weighted by Crippen LogP contribution is -2.43. The molecule has 156 valence electrons. The van der Waals surface area contributed by atoms with Crippen molar-refractivity contribution in [1.82, 2.24) is 4.90 Å². The zero-order valence-corrected chi connectivity index (χ0v) is 17.5. The summed E-state index contributed by atoms with van der Waals surface area (Å²) in [5, 5.41) is 0.518. The number of hydrogen-bond acceptors (Lipinski definition) is 6. The predicted molar refractivity (Wildman–Crippen MR) is 111 cm³/mol. The maximum absolute atomic E-state index is 12.5. The second-order valence-corrected chi connectivity index (χ2v) is 9.22. The number of fused-ring (bicyclic) bond motifs is 1. The van der Waals surface area contributed by atoms with E-state index in [2.05, 4.69) is 4.40 Å². The van der Waals surface area contributed by atoms with Crippen molar-refractivity contribution in [3.63, 3.8) is 0 Å². The zero-order chi connectivity index (χ0) is 21.3. The van der Waals surface area contributed by atoms with E-state index in [1.54, 1.807) is 47.4 Å². The summed E-state index contributed by atoms with van der Waals surface area (Å²) in [5.41, 5.74) is 0.962. The summed E-state index contributed by atoms with van der Waals surface area (Å²) in [7, 11) is -3.72. The number of nitrogens with zero attached hydrogens (tertiary/aromatic N) is 2. The van der Waals surface area contributed by atoms with Gasteiger partial charge in [-0.25, -0.2) is 0 Å². The molecular formula is C21H19ClN2O5S. The molecule has 0 amide bonds. The zero-order valence-electron chi connectivity index (χ0n) is 16.0. The van der Waals surface area contributed by atoms with E-state index in [1.165, 1.54) is 6.07 Å². The number of amidine groups is 1. The fourth-order valence-electron chi connectivity index (χ4n) is 3.65. The van der Waals surface area contributed by atoms with Crippen LogP contribution in [0.15, 0.2) is 57.8 Å². The molecule has 1 saturated heterocycles. The Labute approximate surface area is 179 Å². The number of Topliss-reactive ketones (excluding diaryl/α,β-unsaturated/α-hetero) is 1. The topological polar surface area (TPSA) is 93.1 Å². The molecule has 1 atom stereocenters. The van der Waals surface area contributed by atoms with Crippen molar-refractivity contribution in [2.45, 2.75) is 17.7 Å². The van der Waals surface area contributed by atoms with Gasteiger partial charge in [-0.1, -0.05) is 23.7 Å². The average molecular weight is 447 g/mol. The number of likely N-dealkylation sites (tertiary alicyclic amines) is 1. The normalized spacial score (nSPS) is 19.7. The van der Waals surface area contributed by atoms with Crippen molar-refractivity contribution in [2.75, 3.05) is 19.7 Å². The van der Waals surface area contributed by atoms with Crippen LogP contribution in [0, 0.1) is 5.92 Å². The van der Waals surface area contributed by atoms with E-state index in [4.69, 9.17) is 16.3 Å². The molecule has 2 aliphatic rings. The van der Waals surface area contributed by atoms with Gasteiger partial charge in [-0.3, -0.25) is 9.59 Å². The van der Waals surface area contributed by atoms with Crippen LogP contribution in [-0.2, 0) is 19.6 Å². The Morgan fingerprint density at radius 1 is 1.13 bits per heavy atom. The molecule has 0 radical (unpaired) electrons. The molecule has 2 heterocycles. The van der Waals surface area contributed by atoms with Gasteiger partial charge in [0.05, 0.1) is 5.92 Å². The van der Waals surface area contributed by atoms with Crippen LogP contribution < -0.4 is 0 Å². The summed E-state index contributed by atoms with van der Waals surface area (Å²) in [6.07, 6.45) is 1.29. The molecule has 30 heavy (non-hydrogen) atoms. The number of ketones is 1. The smallest absolute Gasteiger partial charge is 0.311 e. The minimum atomic E-state index is -3.72. The van der Waals surface area contributed by atoms with Crippen LogP contribution in [0.2, 0.25) is 5.02 Å². The van der Waals surface area contributed by atoms with Crippen molar-refractivity contribution >= 4 is 39.2 Å². The summed E-state index contributed by atoms with van der Waals surface area (Å²) in [5.74, 6) is -0.889. The first kappa shape index (κ1) is 20.6. The highest BCUT2D eigenvalue weighted by Gasteiger charge is 2.35. The lowest BCUT2D eigenvalue weighted by molar-refractivity contribution is -0.148. The van der Waals surface area contributed by atoms with Crippen molar-refractivity contribution in [3.05, 3.63) is 64.7 Å². The summed E-state index contributed by atoms with van der Waals surface area (Å²) < 4.78 is 33.8. The third-order valence-electron chi connectivity index (χ3n) is 5.18. The molecule has 0 aliphatic carbocycles. The van der Waals surface area contributed by atoms with Gasteiger partial charge in [-0.2, -0.15) is 8.42 Å². The third kappa shape index (κ3) is 4.11. The molecule has 2 aromatic carbocycles. The number of rotatable bonds is 4. The van der Waals surface area contributed by atoms with Crippen molar-refractivity contribution in [2.24, 2.45) is 10.3 Å². The molecule has 0 aromatic heterocycles. The fourth-order valence-corrected chi connectivity index (χ4v) is 5.01. The van der Waals surface area contributed by atoms with E-state index >= 15 is 0 Å². The second kappa shape index (κ2) is 8.20. The summed E-state index contributed by atoms with van der Waals surface area (Å²) >= 11 is 5.81. The van der Waals surface area contributed by atoms with E-state index in [9.17, 15) is 18.0 Å². The number of sulfonamides is 1. The van der Waals surface area contributed by atoms with E-state index in [1.807, 2.05) is 0 Å². The SMILES string of the molecule is O=C(COC(=O)C1CCCN(C2=NS(=O)(=O)c3ccccc32)C1)c1ccc(Cl)cc1. The van der Waals surface area contributed by atoms with Crippen molar-refractivity contribution in [3.8, 4) is 0 Å². The largest absolute Gasteiger partial charge is 0.457 e. The molecule has 2 aliphatic heterocycles. The van der Waals surface area contributed by atoms with E-state index < -0.39 is 21.9 Å². The molecule has 4 rings (SSSR count). The number of hydrogen-bond donors (Lipinski definition) is 0. The number of carbonyl (C=O) groups excluding carboxylic acids is 2. The molecule has 2 aromatic rings. The minimum Gasteiger partial charge on any atom is -0.457 e. The molecule has 0 bridgehead atoms. The highest BCUT2D eigenvalue weighted by atomic mass is 35.5. The number of carbonyl (C=O) groups is 2. The van der Waals surface area contributed by atoms with Gasteiger partial charge in [0, 0.05) is 29.2 Å². The number of piperidine rings is 1. The first-order chi connectivity index (χ1) is 14.3. The minimum absolute atomic E-state index is 0.179. The number of halogens is 1. The number of benzene rings is 2. The first-order valence-corrected chi connectivity index (χ1v) is 11.3. The average Bonchev–Trinajstić information content (AvgIpc) is 3.03. The molecule has 7 nitrogen and oxygen atoms in total. The molecule has 0 saturated carbocycles. The maximum Gasteiger partial charge on any atom is 0.311 e. The van der Waals surface area contributed by atoms with Crippen LogP contribution >= 0.6 is 11.6 Å². The van der Waals surface area contributed by atoms with E-state index in [0.29, 0.717) is 41.4 Å². The maximum atomic E-state index is 12.5. The number of ether oxygens (including phenoxy) is 1. The lowest BCUT2D eigenvalue weighted by atomic mass is 9.97. The van der Waals surface area contributed by atoms with Gasteiger partial charge >= 0.3 is 5.97 Å². The highest BCUT2D eigenvalue weighted by molar-refractivity contribution is 7.90. The van der Waals surface area contributed by atoms with Crippen molar-refractivity contribution < 1.29 is 22.7 Å². The van der Waals surface area contributed by atoms with Crippen LogP contribution in [-0.4, -0.2) is 50.6 Å². The number of esters is 1. The Morgan fingerprint density at radius 2 is 1.87 bits per heavy atom. The Balaban J connectivity index is 1.41. The second-order valence-electron chi connectivity index (χ2n) is 7.21. The first-order valence-electron chi connectivity index (χ1n) is 9.50. The quantitative estimate of drug-likeness (QED) is 0.529. The third-order valence-corrected chi connectivity index (χ3v) is 6.76.